The monoisotopic (exact) mass is 300 g/mol. The highest BCUT2D eigenvalue weighted by molar-refractivity contribution is 5.85. The summed E-state index contributed by atoms with van der Waals surface area (Å²) in [5, 5.41) is 2.85. The molecule has 5 heteroatoms. The number of hydrogen-bond donors (Lipinski definition) is 2. The Morgan fingerprint density at radius 1 is 1.35 bits per heavy atom. The Morgan fingerprint density at radius 2 is 2.00 bits per heavy atom. The van der Waals surface area contributed by atoms with Crippen LogP contribution in [0.4, 0.5) is 0 Å². The molecular formula is C15H25ClN2O2. The van der Waals surface area contributed by atoms with Crippen molar-refractivity contribution in [3.05, 3.63) is 29.8 Å². The summed E-state index contributed by atoms with van der Waals surface area (Å²) >= 11 is 0. The molecule has 0 aromatic heterocycles. The Hall–Kier alpha value is -1.26. The molecule has 4 nitrogen and oxygen atoms in total. The molecule has 20 heavy (non-hydrogen) atoms. The van der Waals surface area contributed by atoms with Crippen LogP contribution in [0.15, 0.2) is 24.3 Å². The van der Waals surface area contributed by atoms with Gasteiger partial charge in [-0.25, -0.2) is 0 Å². The molecule has 0 aliphatic heterocycles. The number of nitrogens with one attached hydrogen (secondary N) is 1. The molecule has 0 unspecified atom stereocenters. The van der Waals surface area contributed by atoms with Crippen LogP contribution in [0.25, 0.3) is 0 Å². The third-order valence-corrected chi connectivity index (χ3v) is 2.80. The van der Waals surface area contributed by atoms with E-state index in [4.69, 9.17) is 10.5 Å². The highest BCUT2D eigenvalue weighted by Gasteiger charge is 2.05. The van der Waals surface area contributed by atoms with Crippen molar-refractivity contribution in [1.82, 2.24) is 5.32 Å². The van der Waals surface area contributed by atoms with E-state index in [1.165, 1.54) is 0 Å². The Kier molecular flexibility index (Phi) is 9.86. The van der Waals surface area contributed by atoms with E-state index in [-0.39, 0.29) is 24.4 Å². The van der Waals surface area contributed by atoms with Crippen molar-refractivity contribution in [3.63, 3.8) is 0 Å². The van der Waals surface area contributed by atoms with Crippen LogP contribution < -0.4 is 15.8 Å². The molecule has 0 fully saturated rings. The molecule has 1 rings (SSSR count). The van der Waals surface area contributed by atoms with Gasteiger partial charge < -0.3 is 15.8 Å². The Bertz CT molecular complexity index is 382. The van der Waals surface area contributed by atoms with Gasteiger partial charge >= 0.3 is 0 Å². The second kappa shape index (κ2) is 10.5. The predicted molar refractivity (Wildman–Crippen MR) is 84.5 cm³/mol. The van der Waals surface area contributed by atoms with E-state index in [1.54, 1.807) is 0 Å². The topological polar surface area (TPSA) is 64.3 Å². The number of rotatable bonds is 8. The van der Waals surface area contributed by atoms with Gasteiger partial charge in [-0.2, -0.15) is 0 Å². The van der Waals surface area contributed by atoms with E-state index < -0.39 is 0 Å². The van der Waals surface area contributed by atoms with Crippen LogP contribution in [0.2, 0.25) is 0 Å². The number of halogens is 1. The summed E-state index contributed by atoms with van der Waals surface area (Å²) in [5.74, 6) is 0.927. The molecule has 0 bridgehead atoms. The van der Waals surface area contributed by atoms with Crippen molar-refractivity contribution in [1.29, 1.82) is 0 Å². The van der Waals surface area contributed by atoms with Crippen molar-refractivity contribution in [3.8, 4) is 5.75 Å². The Labute approximate surface area is 127 Å². The second-order valence-corrected chi connectivity index (χ2v) is 4.70. The normalized spacial score (nSPS) is 11.3. The van der Waals surface area contributed by atoms with Crippen LogP contribution in [-0.2, 0) is 11.2 Å². The molecule has 1 aromatic rings. The number of carbonyl (C=O) groups is 1. The highest BCUT2D eigenvalue weighted by Crippen LogP contribution is 2.13. The third kappa shape index (κ3) is 7.36. The molecule has 0 spiro atoms. The van der Waals surface area contributed by atoms with Crippen molar-refractivity contribution in [2.75, 3.05) is 13.2 Å². The maximum atomic E-state index is 11.6. The largest absolute Gasteiger partial charge is 0.494 e. The summed E-state index contributed by atoms with van der Waals surface area (Å²) in [5.41, 5.74) is 6.59. The van der Waals surface area contributed by atoms with Gasteiger partial charge in [0.15, 0.2) is 0 Å². The van der Waals surface area contributed by atoms with Gasteiger partial charge in [-0.1, -0.05) is 19.1 Å². The van der Waals surface area contributed by atoms with Crippen LogP contribution in [0.3, 0.4) is 0 Å². The molecule has 0 heterocycles. The van der Waals surface area contributed by atoms with Crippen molar-refractivity contribution in [2.45, 2.75) is 39.2 Å². The van der Waals surface area contributed by atoms with E-state index in [9.17, 15) is 4.79 Å². The minimum absolute atomic E-state index is 0. The predicted octanol–water partition coefficient (Wildman–Crippen LogP) is 2.29. The Balaban J connectivity index is 0.00000361. The quantitative estimate of drug-likeness (QED) is 0.774. The Morgan fingerprint density at radius 3 is 2.55 bits per heavy atom. The number of hydrogen-bond acceptors (Lipinski definition) is 3. The third-order valence-electron chi connectivity index (χ3n) is 2.80. The van der Waals surface area contributed by atoms with Gasteiger partial charge in [0, 0.05) is 19.0 Å². The van der Waals surface area contributed by atoms with Gasteiger partial charge in [0.1, 0.15) is 5.75 Å². The van der Waals surface area contributed by atoms with Gasteiger partial charge in [0.2, 0.25) is 5.91 Å². The first kappa shape index (κ1) is 18.7. The van der Waals surface area contributed by atoms with Crippen molar-refractivity contribution < 1.29 is 9.53 Å². The fourth-order valence-corrected chi connectivity index (χ4v) is 1.64. The molecular weight excluding hydrogens is 276 g/mol. The summed E-state index contributed by atoms with van der Waals surface area (Å²) in [6, 6.07) is 7.95. The molecule has 0 radical (unpaired) electrons. The molecule has 114 valence electrons. The fourth-order valence-electron chi connectivity index (χ4n) is 1.64. The lowest BCUT2D eigenvalue weighted by atomic mass is 10.1. The SMILES string of the molecule is CCCOc1ccc(CCC(=O)N[C@@H](C)CN)cc1.Cl. The maximum absolute atomic E-state index is 11.6. The lowest BCUT2D eigenvalue weighted by Gasteiger charge is -2.11. The van der Waals surface area contributed by atoms with Crippen molar-refractivity contribution >= 4 is 18.3 Å². The zero-order valence-corrected chi connectivity index (χ0v) is 13.0. The minimum Gasteiger partial charge on any atom is -0.494 e. The average molecular weight is 301 g/mol. The fraction of sp³-hybridized carbons (Fsp3) is 0.533. The van der Waals surface area contributed by atoms with E-state index in [2.05, 4.69) is 12.2 Å². The summed E-state index contributed by atoms with van der Waals surface area (Å²) < 4.78 is 5.51. The molecule has 1 amide bonds. The zero-order chi connectivity index (χ0) is 14.1. The molecule has 0 saturated heterocycles. The van der Waals surface area contributed by atoms with Gasteiger partial charge in [0.05, 0.1) is 6.61 Å². The van der Waals surface area contributed by atoms with E-state index >= 15 is 0 Å². The van der Waals surface area contributed by atoms with E-state index in [0.29, 0.717) is 13.0 Å². The van der Waals surface area contributed by atoms with Crippen LogP contribution >= 0.6 is 12.4 Å². The smallest absolute Gasteiger partial charge is 0.220 e. The van der Waals surface area contributed by atoms with Crippen LogP contribution in [-0.4, -0.2) is 25.1 Å². The number of ether oxygens (including phenoxy) is 1. The number of benzene rings is 1. The van der Waals surface area contributed by atoms with Gasteiger partial charge in [-0.3, -0.25) is 4.79 Å². The van der Waals surface area contributed by atoms with Crippen LogP contribution in [0, 0.1) is 0 Å². The van der Waals surface area contributed by atoms with Crippen LogP contribution in [0.1, 0.15) is 32.3 Å². The maximum Gasteiger partial charge on any atom is 0.220 e. The lowest BCUT2D eigenvalue weighted by Crippen LogP contribution is -2.37. The van der Waals surface area contributed by atoms with Crippen molar-refractivity contribution in [2.24, 2.45) is 5.73 Å². The molecule has 1 aromatic carbocycles. The average Bonchev–Trinajstić information content (AvgIpc) is 2.43. The summed E-state index contributed by atoms with van der Waals surface area (Å²) in [4.78, 5) is 11.6. The second-order valence-electron chi connectivity index (χ2n) is 4.70. The van der Waals surface area contributed by atoms with Gasteiger partial charge in [-0.05, 0) is 37.5 Å². The molecule has 3 N–H and O–H groups in total. The highest BCUT2D eigenvalue weighted by atomic mass is 35.5. The first-order chi connectivity index (χ1) is 9.15. The van der Waals surface area contributed by atoms with Crippen LogP contribution in [0.5, 0.6) is 5.75 Å². The van der Waals surface area contributed by atoms with Gasteiger partial charge in [0.25, 0.3) is 0 Å². The number of nitrogens with two attached hydrogens (primary N) is 1. The zero-order valence-electron chi connectivity index (χ0n) is 12.2. The summed E-state index contributed by atoms with van der Waals surface area (Å²) in [6.07, 6.45) is 2.22. The van der Waals surface area contributed by atoms with E-state index in [0.717, 1.165) is 30.8 Å². The lowest BCUT2D eigenvalue weighted by molar-refractivity contribution is -0.121. The first-order valence-electron chi connectivity index (χ1n) is 6.87. The van der Waals surface area contributed by atoms with Gasteiger partial charge in [-0.15, -0.1) is 12.4 Å². The number of aryl methyl sites for hydroxylation is 1. The molecule has 0 saturated carbocycles. The summed E-state index contributed by atoms with van der Waals surface area (Å²) in [6.45, 7) is 5.18. The molecule has 0 aliphatic rings. The summed E-state index contributed by atoms with van der Waals surface area (Å²) in [7, 11) is 0. The number of carbonyl (C=O) groups excluding carboxylic acids is 1. The van der Waals surface area contributed by atoms with E-state index in [1.807, 2.05) is 31.2 Å². The first-order valence-corrected chi connectivity index (χ1v) is 6.87. The molecule has 1 atom stereocenters. The number of amides is 1. The standard InChI is InChI=1S/C15H24N2O2.ClH/c1-3-10-19-14-7-4-13(5-8-14)6-9-15(18)17-12(2)11-16;/h4-5,7-8,12H,3,6,9-11,16H2,1-2H3,(H,17,18);1H/t12-;/m0./s1. The minimum atomic E-state index is 0. The molecule has 0 aliphatic carbocycles.